The molecule has 0 saturated carbocycles. The van der Waals surface area contributed by atoms with Crippen molar-refractivity contribution in [2.45, 2.75) is 69.0 Å². The fourth-order valence-corrected chi connectivity index (χ4v) is 8.04. The van der Waals surface area contributed by atoms with Crippen LogP contribution in [-0.4, -0.2) is 70.9 Å². The molecule has 12 heteroatoms. The van der Waals surface area contributed by atoms with Crippen LogP contribution in [0, 0.1) is 0 Å². The normalized spacial score (nSPS) is 19.0. The lowest BCUT2D eigenvalue weighted by molar-refractivity contribution is -0.0940. The van der Waals surface area contributed by atoms with Gasteiger partial charge in [0, 0.05) is 5.56 Å². The van der Waals surface area contributed by atoms with Gasteiger partial charge in [-0.05, 0) is 59.1 Å². The third-order valence-electron chi connectivity index (χ3n) is 10.8. The molecule has 2 aromatic heterocycles. The lowest BCUT2D eigenvalue weighted by atomic mass is 9.80. The Labute approximate surface area is 322 Å². The van der Waals surface area contributed by atoms with E-state index >= 15 is 0 Å². The van der Waals surface area contributed by atoms with Gasteiger partial charge in [0.1, 0.15) is 36.0 Å². The molecule has 0 aliphatic carbocycles. The predicted molar refractivity (Wildman–Crippen MR) is 213 cm³/mol. The monoisotopic (exact) mass is 757 g/mol. The minimum atomic E-state index is -2.48. The van der Waals surface area contributed by atoms with Crippen molar-refractivity contribution in [2.75, 3.05) is 19.0 Å². The first kappa shape index (κ1) is 38.0. The van der Waals surface area contributed by atoms with E-state index in [1.807, 2.05) is 91.0 Å². The van der Waals surface area contributed by atoms with Crippen LogP contribution in [0.5, 0.6) is 5.75 Å². The number of methoxy groups -OCH3 is 1. The van der Waals surface area contributed by atoms with Gasteiger partial charge in [-0.15, -0.1) is 0 Å². The molecule has 1 fully saturated rings. The maximum absolute atomic E-state index is 13.1. The number of ether oxygens (including phenoxy) is 3. The molecule has 1 aliphatic rings. The maximum Gasteiger partial charge on any atom is 0.256 e. The van der Waals surface area contributed by atoms with Gasteiger partial charge in [0.05, 0.1) is 20.0 Å². The number of hydrogen-bond donors (Lipinski definition) is 2. The lowest BCUT2D eigenvalue weighted by Crippen LogP contribution is -2.49. The van der Waals surface area contributed by atoms with Crippen LogP contribution in [0.3, 0.4) is 0 Å². The van der Waals surface area contributed by atoms with E-state index in [0.29, 0.717) is 16.7 Å². The average molecular weight is 758 g/mol. The van der Waals surface area contributed by atoms with E-state index in [1.165, 1.54) is 6.33 Å². The number of nitrogens with zero attached hydrogens (tertiary/aromatic N) is 4. The van der Waals surface area contributed by atoms with Crippen molar-refractivity contribution >= 4 is 31.2 Å². The van der Waals surface area contributed by atoms with E-state index in [-0.39, 0.29) is 23.4 Å². The Balaban J connectivity index is 1.27. The zero-order chi connectivity index (χ0) is 38.8. The summed E-state index contributed by atoms with van der Waals surface area (Å²) in [6, 6.07) is 36.8. The van der Waals surface area contributed by atoms with Crippen molar-refractivity contribution < 1.29 is 28.5 Å². The molecule has 284 valence electrons. The van der Waals surface area contributed by atoms with Gasteiger partial charge in [-0.25, -0.2) is 15.0 Å². The number of aliphatic hydroxyl groups is 1. The molecule has 4 atom stereocenters. The lowest BCUT2D eigenvalue weighted by Gasteiger charge is -2.40. The Morgan fingerprint density at radius 1 is 0.836 bits per heavy atom. The molecule has 55 heavy (non-hydrogen) atoms. The van der Waals surface area contributed by atoms with E-state index in [1.54, 1.807) is 42.3 Å². The van der Waals surface area contributed by atoms with Crippen molar-refractivity contribution in [3.8, 4) is 5.75 Å². The van der Waals surface area contributed by atoms with Crippen molar-refractivity contribution in [3.63, 3.8) is 0 Å². The summed E-state index contributed by atoms with van der Waals surface area (Å²) < 4.78 is 28.2. The molecular formula is C43H47N5O6Si. The van der Waals surface area contributed by atoms with Gasteiger partial charge in [-0.2, -0.15) is 0 Å². The number of carbonyl (C=O) groups is 1. The van der Waals surface area contributed by atoms with E-state index in [4.69, 9.17) is 18.6 Å². The minimum Gasteiger partial charge on any atom is -0.497 e. The van der Waals surface area contributed by atoms with Gasteiger partial charge in [0.2, 0.25) is 0 Å². The van der Waals surface area contributed by atoms with E-state index in [9.17, 15) is 9.90 Å². The second-order valence-electron chi connectivity index (χ2n) is 15.2. The van der Waals surface area contributed by atoms with Crippen molar-refractivity contribution in [2.24, 2.45) is 0 Å². The molecule has 2 N–H and O–H groups in total. The number of carbonyl (C=O) groups excluding carboxylic acids is 1. The Hall–Kier alpha value is -5.24. The number of aliphatic hydroxyl groups excluding tert-OH is 1. The van der Waals surface area contributed by atoms with Crippen LogP contribution in [0.4, 0.5) is 5.82 Å². The van der Waals surface area contributed by atoms with Crippen LogP contribution < -0.4 is 10.1 Å². The van der Waals surface area contributed by atoms with Crippen molar-refractivity contribution in [1.82, 2.24) is 19.5 Å². The van der Waals surface area contributed by atoms with E-state index < -0.39 is 38.5 Å². The SMILES string of the molecule is COc1ccc(C(OC[C@@H]2O[C@H](n3cnc4c(NC(=O)c5ccccc5)ncnc43)[C@@H](O[Si](C)(C)C(C)(C)C)[C@@H]2O)(c2ccccc2)c2ccccc2)cc1. The van der Waals surface area contributed by atoms with E-state index in [2.05, 4.69) is 54.1 Å². The highest BCUT2D eigenvalue weighted by molar-refractivity contribution is 6.74. The molecule has 0 radical (unpaired) electrons. The highest BCUT2D eigenvalue weighted by atomic mass is 28.4. The molecule has 0 bridgehead atoms. The number of imidazole rings is 1. The number of nitrogens with one attached hydrogen (secondary N) is 1. The maximum atomic E-state index is 13.1. The quantitative estimate of drug-likeness (QED) is 0.0951. The summed E-state index contributed by atoms with van der Waals surface area (Å²) in [5.74, 6) is 0.657. The van der Waals surface area contributed by atoms with Crippen LogP contribution in [0.2, 0.25) is 18.1 Å². The van der Waals surface area contributed by atoms with Gasteiger partial charge in [0.15, 0.2) is 31.5 Å². The molecule has 0 spiro atoms. The molecule has 7 rings (SSSR count). The van der Waals surface area contributed by atoms with Crippen LogP contribution >= 0.6 is 0 Å². The fraction of sp³-hybridized carbons (Fsp3) is 0.302. The summed E-state index contributed by atoms with van der Waals surface area (Å²) in [6.45, 7) is 10.8. The van der Waals surface area contributed by atoms with Crippen molar-refractivity contribution in [3.05, 3.63) is 150 Å². The summed E-state index contributed by atoms with van der Waals surface area (Å²) in [6.07, 6.45) is -0.570. The number of aromatic nitrogens is 4. The Bertz CT molecular complexity index is 2170. The van der Waals surface area contributed by atoms with Crippen LogP contribution in [-0.2, 0) is 19.5 Å². The van der Waals surface area contributed by atoms with Crippen LogP contribution in [0.1, 0.15) is 54.0 Å². The second kappa shape index (κ2) is 15.5. The number of amides is 1. The first-order chi connectivity index (χ1) is 26.4. The van der Waals surface area contributed by atoms with Gasteiger partial charge >= 0.3 is 0 Å². The van der Waals surface area contributed by atoms with Gasteiger partial charge in [-0.1, -0.05) is 112 Å². The number of fused-ring (bicyclic) bond motifs is 1. The van der Waals surface area contributed by atoms with Gasteiger partial charge < -0.3 is 29.1 Å². The fourth-order valence-electron chi connectivity index (χ4n) is 6.75. The standard InChI is InChI=1S/C43H47N5O6Si/c1-42(2,3)55(5,6)54-37-36(49)34(53-41(37)48-28-46-35-38(44-27-45-39(35)48)47-40(50)29-16-10-7-11-17-29)26-52-43(30-18-12-8-13-19-30,31-20-14-9-15-21-31)32-22-24-33(51-4)25-23-32/h7-25,27-28,34,36-37,41,49H,26H2,1-6H3,(H,44,45,47,50)/t34-,36+,37-,41-/m0/s1. The zero-order valence-corrected chi connectivity index (χ0v) is 32.9. The smallest absolute Gasteiger partial charge is 0.256 e. The summed E-state index contributed by atoms with van der Waals surface area (Å²) in [5, 5.41) is 15.0. The predicted octanol–water partition coefficient (Wildman–Crippen LogP) is 7.74. The first-order valence-electron chi connectivity index (χ1n) is 18.4. The second-order valence-corrected chi connectivity index (χ2v) is 20.0. The number of hydrogen-bond acceptors (Lipinski definition) is 9. The average Bonchev–Trinajstić information content (AvgIpc) is 3.76. The number of benzene rings is 4. The molecule has 11 nitrogen and oxygen atoms in total. The Morgan fingerprint density at radius 3 is 2.00 bits per heavy atom. The molecular weight excluding hydrogens is 711 g/mol. The molecule has 6 aromatic rings. The van der Waals surface area contributed by atoms with Gasteiger partial charge in [0.25, 0.3) is 5.91 Å². The van der Waals surface area contributed by atoms with Crippen molar-refractivity contribution in [1.29, 1.82) is 0 Å². The highest BCUT2D eigenvalue weighted by Crippen LogP contribution is 2.45. The van der Waals surface area contributed by atoms with Crippen LogP contribution in [0.15, 0.2) is 128 Å². The molecule has 4 aromatic carbocycles. The summed E-state index contributed by atoms with van der Waals surface area (Å²) in [7, 11) is -0.835. The molecule has 0 unspecified atom stereocenters. The number of rotatable bonds is 12. The molecule has 1 saturated heterocycles. The summed E-state index contributed by atoms with van der Waals surface area (Å²) >= 11 is 0. The topological polar surface area (TPSA) is 130 Å². The molecule has 1 amide bonds. The summed E-state index contributed by atoms with van der Waals surface area (Å²) in [5.41, 5.74) is 2.90. The highest BCUT2D eigenvalue weighted by Gasteiger charge is 2.52. The minimum absolute atomic E-state index is 0.00480. The molecule has 1 aliphatic heterocycles. The summed E-state index contributed by atoms with van der Waals surface area (Å²) in [4.78, 5) is 26.6. The molecule has 3 heterocycles. The Morgan fingerprint density at radius 2 is 1.42 bits per heavy atom. The zero-order valence-electron chi connectivity index (χ0n) is 31.9. The van der Waals surface area contributed by atoms with E-state index in [0.717, 1.165) is 22.4 Å². The van der Waals surface area contributed by atoms with Crippen LogP contribution in [0.25, 0.3) is 11.2 Å². The largest absolute Gasteiger partial charge is 0.497 e. The first-order valence-corrected chi connectivity index (χ1v) is 21.3. The third-order valence-corrected chi connectivity index (χ3v) is 15.2. The van der Waals surface area contributed by atoms with Gasteiger partial charge in [-0.3, -0.25) is 9.36 Å². The third kappa shape index (κ3) is 7.43. The Kier molecular flexibility index (Phi) is 10.7. The number of anilines is 1.